The van der Waals surface area contributed by atoms with E-state index in [1.54, 1.807) is 7.11 Å². The molecule has 0 atom stereocenters. The van der Waals surface area contributed by atoms with E-state index in [1.807, 2.05) is 18.2 Å². The predicted molar refractivity (Wildman–Crippen MR) is 57.4 cm³/mol. The molecule has 76 valence electrons. The van der Waals surface area contributed by atoms with E-state index in [1.165, 1.54) is 12.8 Å². The zero-order valence-electron chi connectivity index (χ0n) is 8.49. The molecule has 0 radical (unpaired) electrons. The first-order valence-corrected chi connectivity index (χ1v) is 5.04. The molecular formula is C11H16N2O. The highest BCUT2D eigenvalue weighted by atomic mass is 16.5. The minimum absolute atomic E-state index is 0.897. The Bertz CT molecular complexity index is 295. The van der Waals surface area contributed by atoms with Crippen LogP contribution < -0.4 is 10.2 Å². The summed E-state index contributed by atoms with van der Waals surface area (Å²) in [5.41, 5.74) is 4.47. The van der Waals surface area contributed by atoms with Crippen LogP contribution in [0.2, 0.25) is 0 Å². The van der Waals surface area contributed by atoms with Gasteiger partial charge in [-0.1, -0.05) is 6.07 Å². The van der Waals surface area contributed by atoms with Crippen LogP contribution >= 0.6 is 0 Å². The summed E-state index contributed by atoms with van der Waals surface area (Å²) >= 11 is 0. The van der Waals surface area contributed by atoms with Crippen molar-refractivity contribution >= 4 is 5.69 Å². The smallest absolute Gasteiger partial charge is 0.120 e. The maximum absolute atomic E-state index is 5.16. The highest BCUT2D eigenvalue weighted by Crippen LogP contribution is 2.18. The van der Waals surface area contributed by atoms with Crippen molar-refractivity contribution < 1.29 is 4.74 Å². The molecule has 3 nitrogen and oxygen atoms in total. The summed E-state index contributed by atoms with van der Waals surface area (Å²) < 4.78 is 5.16. The average molecular weight is 192 g/mol. The van der Waals surface area contributed by atoms with Crippen LogP contribution in [0.4, 0.5) is 5.69 Å². The first-order chi connectivity index (χ1) is 6.88. The minimum atomic E-state index is 0.897. The van der Waals surface area contributed by atoms with Gasteiger partial charge in [0.15, 0.2) is 0 Å². The van der Waals surface area contributed by atoms with Gasteiger partial charge in [0.1, 0.15) is 5.75 Å². The van der Waals surface area contributed by atoms with Crippen molar-refractivity contribution in [2.45, 2.75) is 12.8 Å². The van der Waals surface area contributed by atoms with Gasteiger partial charge in [-0.15, -0.1) is 0 Å². The lowest BCUT2D eigenvalue weighted by Gasteiger charge is -2.17. The molecule has 0 bridgehead atoms. The molecule has 0 saturated carbocycles. The highest BCUT2D eigenvalue weighted by Gasteiger charge is 2.10. The van der Waals surface area contributed by atoms with Crippen LogP contribution in [0.1, 0.15) is 12.8 Å². The Kier molecular flexibility index (Phi) is 2.89. The maximum atomic E-state index is 5.16. The van der Waals surface area contributed by atoms with Crippen LogP contribution in [-0.4, -0.2) is 25.2 Å². The molecule has 1 heterocycles. The number of ether oxygens (including phenoxy) is 1. The van der Waals surface area contributed by atoms with Gasteiger partial charge in [-0.25, -0.2) is 5.01 Å². The summed E-state index contributed by atoms with van der Waals surface area (Å²) in [5.74, 6) is 0.897. The van der Waals surface area contributed by atoms with Gasteiger partial charge < -0.3 is 10.2 Å². The molecule has 3 heteroatoms. The molecule has 1 N–H and O–H groups in total. The minimum Gasteiger partial charge on any atom is -0.497 e. The Hall–Kier alpha value is -1.22. The SMILES string of the molecule is COc1cccc(NN2CCCC2)c1. The monoisotopic (exact) mass is 192 g/mol. The molecule has 1 aromatic carbocycles. The topological polar surface area (TPSA) is 24.5 Å². The van der Waals surface area contributed by atoms with Crippen molar-refractivity contribution in [1.29, 1.82) is 0 Å². The van der Waals surface area contributed by atoms with E-state index in [-0.39, 0.29) is 0 Å². The third kappa shape index (κ3) is 2.17. The first kappa shape index (κ1) is 9.34. The molecule has 0 amide bonds. The zero-order chi connectivity index (χ0) is 9.80. The maximum Gasteiger partial charge on any atom is 0.120 e. The largest absolute Gasteiger partial charge is 0.497 e. The Morgan fingerprint density at radius 3 is 2.79 bits per heavy atom. The van der Waals surface area contributed by atoms with Crippen molar-refractivity contribution in [3.05, 3.63) is 24.3 Å². The first-order valence-electron chi connectivity index (χ1n) is 5.04. The van der Waals surface area contributed by atoms with E-state index >= 15 is 0 Å². The fourth-order valence-electron chi connectivity index (χ4n) is 1.70. The lowest BCUT2D eigenvalue weighted by Crippen LogP contribution is -2.25. The number of methoxy groups -OCH3 is 1. The van der Waals surface area contributed by atoms with E-state index in [2.05, 4.69) is 16.5 Å². The normalized spacial score (nSPS) is 16.9. The summed E-state index contributed by atoms with van der Waals surface area (Å²) in [6, 6.07) is 8.02. The Labute approximate surface area is 84.6 Å². The second-order valence-corrected chi connectivity index (χ2v) is 3.54. The summed E-state index contributed by atoms with van der Waals surface area (Å²) in [7, 11) is 1.69. The molecule has 1 aliphatic rings. The second-order valence-electron chi connectivity index (χ2n) is 3.54. The quantitative estimate of drug-likeness (QED) is 0.794. The molecule has 0 unspecified atom stereocenters. The predicted octanol–water partition coefficient (Wildman–Crippen LogP) is 2.12. The third-order valence-corrected chi connectivity index (χ3v) is 2.46. The molecule has 1 aromatic rings. The summed E-state index contributed by atoms with van der Waals surface area (Å²) in [4.78, 5) is 0. The van der Waals surface area contributed by atoms with Gasteiger partial charge >= 0.3 is 0 Å². The summed E-state index contributed by atoms with van der Waals surface area (Å²) in [6.45, 7) is 2.27. The fraction of sp³-hybridized carbons (Fsp3) is 0.455. The molecule has 2 rings (SSSR count). The van der Waals surface area contributed by atoms with E-state index in [4.69, 9.17) is 4.74 Å². The van der Waals surface area contributed by atoms with Crippen molar-refractivity contribution in [3.63, 3.8) is 0 Å². The number of anilines is 1. The van der Waals surface area contributed by atoms with Crippen molar-refractivity contribution in [2.24, 2.45) is 0 Å². The molecule has 1 aliphatic heterocycles. The van der Waals surface area contributed by atoms with Gasteiger partial charge in [0.05, 0.1) is 12.8 Å². The number of nitrogens with zero attached hydrogens (tertiary/aromatic N) is 1. The van der Waals surface area contributed by atoms with Crippen LogP contribution in [0.3, 0.4) is 0 Å². The number of hydrogen-bond donors (Lipinski definition) is 1. The molecule has 0 aromatic heterocycles. The Morgan fingerprint density at radius 2 is 2.07 bits per heavy atom. The Morgan fingerprint density at radius 1 is 1.29 bits per heavy atom. The van der Waals surface area contributed by atoms with Crippen LogP contribution in [0, 0.1) is 0 Å². The van der Waals surface area contributed by atoms with Gasteiger partial charge in [-0.05, 0) is 25.0 Å². The van der Waals surface area contributed by atoms with E-state index < -0.39 is 0 Å². The molecule has 14 heavy (non-hydrogen) atoms. The van der Waals surface area contributed by atoms with E-state index in [0.717, 1.165) is 24.5 Å². The van der Waals surface area contributed by atoms with E-state index in [9.17, 15) is 0 Å². The Balaban J connectivity index is 2.00. The van der Waals surface area contributed by atoms with Gasteiger partial charge in [-0.2, -0.15) is 0 Å². The molecule has 0 spiro atoms. The number of hydrogen-bond acceptors (Lipinski definition) is 3. The van der Waals surface area contributed by atoms with Crippen LogP contribution in [0.25, 0.3) is 0 Å². The van der Waals surface area contributed by atoms with Gasteiger partial charge in [0.25, 0.3) is 0 Å². The van der Waals surface area contributed by atoms with Gasteiger partial charge in [0, 0.05) is 19.2 Å². The summed E-state index contributed by atoms with van der Waals surface area (Å²) in [6.07, 6.45) is 2.58. The van der Waals surface area contributed by atoms with Crippen molar-refractivity contribution in [1.82, 2.24) is 5.01 Å². The fourth-order valence-corrected chi connectivity index (χ4v) is 1.70. The molecule has 0 aliphatic carbocycles. The van der Waals surface area contributed by atoms with Crippen molar-refractivity contribution in [2.75, 3.05) is 25.6 Å². The third-order valence-electron chi connectivity index (χ3n) is 2.46. The molecule has 1 fully saturated rings. The van der Waals surface area contributed by atoms with Gasteiger partial charge in [-0.3, -0.25) is 0 Å². The number of hydrazine groups is 1. The standard InChI is InChI=1S/C11H16N2O/c1-14-11-6-4-5-10(9-11)12-13-7-2-3-8-13/h4-6,9,12H,2-3,7-8H2,1H3. The van der Waals surface area contributed by atoms with Crippen LogP contribution in [0.5, 0.6) is 5.75 Å². The molecule has 1 saturated heterocycles. The highest BCUT2D eigenvalue weighted by molar-refractivity contribution is 5.47. The number of nitrogens with one attached hydrogen (secondary N) is 1. The molecular weight excluding hydrogens is 176 g/mol. The van der Waals surface area contributed by atoms with Crippen LogP contribution in [-0.2, 0) is 0 Å². The zero-order valence-corrected chi connectivity index (χ0v) is 8.49. The van der Waals surface area contributed by atoms with Crippen LogP contribution in [0.15, 0.2) is 24.3 Å². The lowest BCUT2D eigenvalue weighted by molar-refractivity contribution is 0.405. The number of benzene rings is 1. The van der Waals surface area contributed by atoms with Crippen molar-refractivity contribution in [3.8, 4) is 5.75 Å². The average Bonchev–Trinajstić information content (AvgIpc) is 2.71. The summed E-state index contributed by atoms with van der Waals surface area (Å²) in [5, 5.41) is 2.24. The lowest BCUT2D eigenvalue weighted by atomic mass is 10.3. The van der Waals surface area contributed by atoms with E-state index in [0.29, 0.717) is 0 Å². The second kappa shape index (κ2) is 4.33. The number of rotatable bonds is 3. The van der Waals surface area contributed by atoms with Gasteiger partial charge in [0.2, 0.25) is 0 Å².